The average Bonchev–Trinajstić information content (AvgIpc) is 3.62. The van der Waals surface area contributed by atoms with Crippen LogP contribution in [-0.2, 0) is 4.79 Å². The van der Waals surface area contributed by atoms with Gasteiger partial charge in [0.25, 0.3) is 0 Å². The van der Waals surface area contributed by atoms with Crippen molar-refractivity contribution in [2.24, 2.45) is 0 Å². The molecule has 9 nitrogen and oxygen atoms in total. The Labute approximate surface area is 245 Å². The Balaban J connectivity index is 1.32. The number of nitrogens with one attached hydrogen (secondary N) is 2. The molecule has 0 radical (unpaired) electrons. The highest BCUT2D eigenvalue weighted by atomic mass is 32.1. The molecule has 0 aliphatic carbocycles. The van der Waals surface area contributed by atoms with E-state index < -0.39 is 5.91 Å². The zero-order valence-corrected chi connectivity index (χ0v) is 24.0. The lowest BCUT2D eigenvalue weighted by atomic mass is 10.1. The summed E-state index contributed by atoms with van der Waals surface area (Å²) in [6, 6.07) is 20.4. The Morgan fingerprint density at radius 2 is 1.66 bits per heavy atom. The maximum atomic E-state index is 12.4. The summed E-state index contributed by atoms with van der Waals surface area (Å²) in [5.74, 6) is 6.98. The van der Waals surface area contributed by atoms with Crippen LogP contribution in [0.1, 0.15) is 5.56 Å². The molecule has 2 aromatic heterocycles. The fraction of sp³-hybridized carbons (Fsp3) is 0.100. The maximum Gasteiger partial charge on any atom is 0.300 e. The van der Waals surface area contributed by atoms with E-state index in [2.05, 4.69) is 27.5 Å². The molecule has 0 saturated heterocycles. The van der Waals surface area contributed by atoms with Crippen molar-refractivity contribution in [3.05, 3.63) is 77.7 Å². The molecule has 1 amide bonds. The van der Waals surface area contributed by atoms with E-state index in [1.807, 2.05) is 53.9 Å². The van der Waals surface area contributed by atoms with Crippen LogP contribution >= 0.6 is 22.7 Å². The number of carbonyl (C=O) groups excluding carboxylic acids is 1. The predicted molar refractivity (Wildman–Crippen MR) is 164 cm³/mol. The van der Waals surface area contributed by atoms with Gasteiger partial charge in [0.15, 0.2) is 16.6 Å². The van der Waals surface area contributed by atoms with E-state index in [1.54, 1.807) is 39.5 Å². The van der Waals surface area contributed by atoms with Crippen molar-refractivity contribution in [2.75, 3.05) is 37.7 Å². The molecule has 11 heteroatoms. The van der Waals surface area contributed by atoms with Crippen LogP contribution in [0.4, 0.5) is 22.3 Å². The van der Waals surface area contributed by atoms with E-state index >= 15 is 0 Å². The number of nitrogens with zero attached hydrogens (tertiary/aromatic N) is 2. The summed E-state index contributed by atoms with van der Waals surface area (Å²) in [5.41, 5.74) is 9.98. The quantitative estimate of drug-likeness (QED) is 0.183. The number of hydrogen-bond donors (Lipinski definition) is 3. The predicted octanol–water partition coefficient (Wildman–Crippen LogP) is 6.28. The highest BCUT2D eigenvalue weighted by Gasteiger charge is 2.18. The monoisotopic (exact) mass is 583 g/mol. The van der Waals surface area contributed by atoms with E-state index in [4.69, 9.17) is 24.9 Å². The summed E-state index contributed by atoms with van der Waals surface area (Å²) in [7, 11) is 4.67. The number of rotatable bonds is 8. The van der Waals surface area contributed by atoms with E-state index in [9.17, 15) is 4.79 Å². The summed E-state index contributed by atoms with van der Waals surface area (Å²) in [5, 5.41) is 9.34. The first-order chi connectivity index (χ1) is 20.0. The van der Waals surface area contributed by atoms with Crippen molar-refractivity contribution in [3.8, 4) is 50.2 Å². The molecule has 0 saturated carbocycles. The first kappa shape index (κ1) is 27.5. The average molecular weight is 584 g/mol. The molecular formula is C30H25N5O4S2. The van der Waals surface area contributed by atoms with Crippen LogP contribution in [-0.4, -0.2) is 37.2 Å². The van der Waals surface area contributed by atoms with Gasteiger partial charge in [0.1, 0.15) is 15.7 Å². The van der Waals surface area contributed by atoms with Crippen molar-refractivity contribution in [2.45, 2.75) is 0 Å². The van der Waals surface area contributed by atoms with Crippen LogP contribution in [0, 0.1) is 11.8 Å². The second kappa shape index (κ2) is 12.4. The third kappa shape index (κ3) is 6.41. The fourth-order valence-corrected chi connectivity index (χ4v) is 5.73. The Hall–Kier alpha value is -5.05. The lowest BCUT2D eigenvalue weighted by Gasteiger charge is -2.14. The SMILES string of the molecule is COc1cc(Nc2nc(N)c(-c3nc(-c4cccc(NC(=O)C#Cc5ccccc5)c4)cs3)s2)cc(OC)c1OC. The van der Waals surface area contributed by atoms with Gasteiger partial charge in [-0.15, -0.1) is 11.3 Å². The Kier molecular flexibility index (Phi) is 8.34. The van der Waals surface area contributed by atoms with Crippen LogP contribution in [0.3, 0.4) is 0 Å². The second-order valence-corrected chi connectivity index (χ2v) is 10.3. The summed E-state index contributed by atoms with van der Waals surface area (Å²) >= 11 is 2.84. The molecule has 0 fully saturated rings. The first-order valence-corrected chi connectivity index (χ1v) is 13.9. The summed E-state index contributed by atoms with van der Waals surface area (Å²) in [6.07, 6.45) is 0. The van der Waals surface area contributed by atoms with Crippen molar-refractivity contribution in [1.82, 2.24) is 9.97 Å². The molecule has 0 bridgehead atoms. The van der Waals surface area contributed by atoms with E-state index in [1.165, 1.54) is 22.7 Å². The molecule has 3 aromatic carbocycles. The number of nitrogen functional groups attached to an aromatic ring is 1. The van der Waals surface area contributed by atoms with Crippen molar-refractivity contribution in [1.29, 1.82) is 0 Å². The third-order valence-corrected chi connectivity index (χ3v) is 7.76. The Bertz CT molecular complexity index is 1730. The molecular weight excluding hydrogens is 558 g/mol. The van der Waals surface area contributed by atoms with Gasteiger partial charge < -0.3 is 30.6 Å². The smallest absolute Gasteiger partial charge is 0.300 e. The largest absolute Gasteiger partial charge is 0.493 e. The Morgan fingerprint density at radius 3 is 2.37 bits per heavy atom. The van der Waals surface area contributed by atoms with Gasteiger partial charge in [-0.2, -0.15) is 0 Å². The molecule has 0 aliphatic rings. The van der Waals surface area contributed by atoms with Crippen molar-refractivity contribution < 1.29 is 19.0 Å². The summed E-state index contributed by atoms with van der Waals surface area (Å²) < 4.78 is 16.3. The van der Waals surface area contributed by atoms with Gasteiger partial charge in [0.2, 0.25) is 5.75 Å². The van der Waals surface area contributed by atoms with Gasteiger partial charge >= 0.3 is 5.91 Å². The standard InChI is InChI=1S/C30H25N5O4S2/c1-37-23-15-21(16-24(38-2)26(23)39-3)33-30-35-28(31)27(41-30)29-34-22(17-40-29)19-10-7-11-20(14-19)32-25(36)13-12-18-8-5-4-6-9-18/h4-11,14-17H,31H2,1-3H3,(H,32,36)(H,33,35). The molecule has 0 aliphatic heterocycles. The third-order valence-electron chi connectivity index (χ3n) is 5.78. The van der Waals surface area contributed by atoms with Crippen LogP contribution in [0.2, 0.25) is 0 Å². The van der Waals surface area contributed by atoms with Gasteiger partial charge in [-0.25, -0.2) is 9.97 Å². The van der Waals surface area contributed by atoms with Crippen LogP contribution in [0.15, 0.2) is 72.1 Å². The number of benzene rings is 3. The number of methoxy groups -OCH3 is 3. The lowest BCUT2D eigenvalue weighted by molar-refractivity contribution is -0.111. The molecule has 41 heavy (non-hydrogen) atoms. The minimum Gasteiger partial charge on any atom is -0.493 e. The van der Waals surface area contributed by atoms with E-state index in [-0.39, 0.29) is 0 Å². The number of anilines is 4. The second-order valence-electron chi connectivity index (χ2n) is 8.46. The van der Waals surface area contributed by atoms with Gasteiger partial charge in [-0.05, 0) is 24.3 Å². The van der Waals surface area contributed by atoms with Crippen LogP contribution < -0.4 is 30.6 Å². The fourth-order valence-electron chi connectivity index (χ4n) is 3.90. The van der Waals surface area contributed by atoms with Crippen LogP contribution in [0.5, 0.6) is 17.2 Å². The van der Waals surface area contributed by atoms with Crippen LogP contribution in [0.25, 0.3) is 21.1 Å². The number of hydrogen-bond acceptors (Lipinski definition) is 10. The molecule has 206 valence electrons. The number of amides is 1. The Morgan fingerprint density at radius 1 is 0.902 bits per heavy atom. The maximum absolute atomic E-state index is 12.4. The zero-order chi connectivity index (χ0) is 28.8. The number of ether oxygens (including phenoxy) is 3. The minimum atomic E-state index is -0.394. The van der Waals surface area contributed by atoms with Gasteiger partial charge in [0, 0.05) is 45.9 Å². The van der Waals surface area contributed by atoms with Crippen molar-refractivity contribution in [3.63, 3.8) is 0 Å². The van der Waals surface area contributed by atoms with E-state index in [0.717, 1.165) is 26.7 Å². The molecule has 0 unspecified atom stereocenters. The molecule has 4 N–H and O–H groups in total. The summed E-state index contributed by atoms with van der Waals surface area (Å²) in [4.78, 5) is 22.4. The van der Waals surface area contributed by atoms with Gasteiger partial charge in [-0.3, -0.25) is 4.79 Å². The number of thiazole rings is 2. The minimum absolute atomic E-state index is 0.365. The normalized spacial score (nSPS) is 10.3. The number of aromatic nitrogens is 2. The molecule has 5 rings (SSSR count). The molecule has 0 spiro atoms. The topological polar surface area (TPSA) is 121 Å². The molecule has 5 aromatic rings. The molecule has 0 atom stereocenters. The van der Waals surface area contributed by atoms with Gasteiger partial charge in [-0.1, -0.05) is 47.6 Å². The lowest BCUT2D eigenvalue weighted by Crippen LogP contribution is -2.08. The first-order valence-electron chi connectivity index (χ1n) is 12.2. The highest BCUT2D eigenvalue weighted by Crippen LogP contribution is 2.43. The van der Waals surface area contributed by atoms with Crippen molar-refractivity contribution >= 4 is 50.9 Å². The highest BCUT2D eigenvalue weighted by molar-refractivity contribution is 7.23. The molecule has 2 heterocycles. The van der Waals surface area contributed by atoms with Gasteiger partial charge in [0.05, 0.1) is 27.0 Å². The number of nitrogens with two attached hydrogens (primary N) is 1. The number of carbonyl (C=O) groups is 1. The summed E-state index contributed by atoms with van der Waals surface area (Å²) in [6.45, 7) is 0. The zero-order valence-electron chi connectivity index (χ0n) is 22.3. The van der Waals surface area contributed by atoms with E-state index in [0.29, 0.717) is 39.6 Å².